The second-order valence-corrected chi connectivity index (χ2v) is 6.95. The zero-order valence-electron chi connectivity index (χ0n) is 13.1. The second-order valence-electron chi connectivity index (χ2n) is 5.28. The van der Waals surface area contributed by atoms with E-state index in [1.54, 1.807) is 18.2 Å². The number of amides is 1. The van der Waals surface area contributed by atoms with Crippen molar-refractivity contribution in [3.8, 4) is 11.5 Å². The van der Waals surface area contributed by atoms with E-state index in [0.29, 0.717) is 20.5 Å². The number of ether oxygens (including phenoxy) is 1. The fourth-order valence-electron chi connectivity index (χ4n) is 2.30. The summed E-state index contributed by atoms with van der Waals surface area (Å²) < 4.78 is 5.54. The highest BCUT2D eigenvalue weighted by Gasteiger charge is 2.33. The maximum absolute atomic E-state index is 12.7. The van der Waals surface area contributed by atoms with E-state index in [4.69, 9.17) is 17.0 Å². The molecular formula is C18H15NO3S2. The van der Waals surface area contributed by atoms with E-state index in [-0.39, 0.29) is 11.7 Å². The number of carbonyl (C=O) groups excluding carboxylic acids is 1. The number of hydrogen-bond acceptors (Lipinski definition) is 5. The number of anilines is 1. The molecule has 4 nitrogen and oxygen atoms in total. The number of phenols is 1. The lowest BCUT2D eigenvalue weighted by Crippen LogP contribution is -2.27. The molecule has 0 spiro atoms. The third-order valence-electron chi connectivity index (χ3n) is 3.61. The van der Waals surface area contributed by atoms with Crippen LogP contribution in [-0.2, 0) is 4.79 Å². The van der Waals surface area contributed by atoms with Gasteiger partial charge in [-0.1, -0.05) is 41.7 Å². The molecule has 1 N–H and O–H groups in total. The van der Waals surface area contributed by atoms with Crippen LogP contribution < -0.4 is 9.64 Å². The van der Waals surface area contributed by atoms with Gasteiger partial charge in [-0.3, -0.25) is 9.69 Å². The smallest absolute Gasteiger partial charge is 0.270 e. The van der Waals surface area contributed by atoms with E-state index < -0.39 is 0 Å². The second kappa shape index (κ2) is 6.67. The predicted octanol–water partition coefficient (Wildman–Crippen LogP) is 4.12. The number of nitrogens with zero attached hydrogens (tertiary/aromatic N) is 1. The molecule has 1 heterocycles. The Morgan fingerprint density at radius 3 is 2.54 bits per heavy atom. The minimum absolute atomic E-state index is 0.0509. The molecule has 2 aromatic rings. The van der Waals surface area contributed by atoms with Crippen molar-refractivity contribution in [2.24, 2.45) is 0 Å². The van der Waals surface area contributed by atoms with Gasteiger partial charge in [0, 0.05) is 11.6 Å². The highest BCUT2D eigenvalue weighted by Crippen LogP contribution is 2.37. The summed E-state index contributed by atoms with van der Waals surface area (Å²) in [6.07, 6.45) is 1.64. The quantitative estimate of drug-likeness (QED) is 0.662. The summed E-state index contributed by atoms with van der Waals surface area (Å²) in [7, 11) is 1.53. The molecule has 0 atom stereocenters. The monoisotopic (exact) mass is 357 g/mol. The van der Waals surface area contributed by atoms with Crippen LogP contribution in [0, 0.1) is 6.92 Å². The van der Waals surface area contributed by atoms with E-state index >= 15 is 0 Å². The molecule has 3 rings (SSSR count). The van der Waals surface area contributed by atoms with Gasteiger partial charge >= 0.3 is 0 Å². The first-order valence-corrected chi connectivity index (χ1v) is 8.43. The lowest BCUT2D eigenvalue weighted by atomic mass is 10.1. The van der Waals surface area contributed by atoms with Crippen LogP contribution >= 0.6 is 24.0 Å². The van der Waals surface area contributed by atoms with Crippen molar-refractivity contribution in [1.82, 2.24) is 0 Å². The Kier molecular flexibility index (Phi) is 4.59. The van der Waals surface area contributed by atoms with Crippen LogP contribution in [0.1, 0.15) is 11.1 Å². The first kappa shape index (κ1) is 16.5. The highest BCUT2D eigenvalue weighted by molar-refractivity contribution is 8.27. The largest absolute Gasteiger partial charge is 0.507 e. The van der Waals surface area contributed by atoms with Crippen LogP contribution in [-0.4, -0.2) is 22.4 Å². The fourth-order valence-corrected chi connectivity index (χ4v) is 3.59. The maximum atomic E-state index is 12.7. The van der Waals surface area contributed by atoms with Gasteiger partial charge in [-0.15, -0.1) is 0 Å². The van der Waals surface area contributed by atoms with Crippen LogP contribution in [0.15, 0.2) is 47.4 Å². The molecule has 6 heteroatoms. The van der Waals surface area contributed by atoms with E-state index in [9.17, 15) is 9.90 Å². The molecule has 1 fully saturated rings. The zero-order valence-corrected chi connectivity index (χ0v) is 14.8. The molecule has 1 saturated heterocycles. The SMILES string of the molecule is COc1ccc(/C=C2\SC(=S)N(c3ccc(C)cc3)C2=O)c(O)c1. The lowest BCUT2D eigenvalue weighted by molar-refractivity contribution is -0.113. The number of phenolic OH excluding ortho intramolecular Hbond substituents is 1. The molecule has 0 bridgehead atoms. The minimum Gasteiger partial charge on any atom is -0.507 e. The van der Waals surface area contributed by atoms with E-state index in [2.05, 4.69) is 0 Å². The molecule has 2 aromatic carbocycles. The van der Waals surface area contributed by atoms with Gasteiger partial charge in [0.15, 0.2) is 4.32 Å². The van der Waals surface area contributed by atoms with E-state index in [1.165, 1.54) is 29.8 Å². The minimum atomic E-state index is -0.191. The Morgan fingerprint density at radius 2 is 1.92 bits per heavy atom. The molecule has 0 saturated carbocycles. The molecule has 122 valence electrons. The van der Waals surface area contributed by atoms with Crippen molar-refractivity contribution in [2.45, 2.75) is 6.92 Å². The fraction of sp³-hybridized carbons (Fsp3) is 0.111. The molecule has 1 aliphatic heterocycles. The van der Waals surface area contributed by atoms with Crippen LogP contribution in [0.4, 0.5) is 5.69 Å². The average Bonchev–Trinajstić information content (AvgIpc) is 2.84. The number of aromatic hydroxyl groups is 1. The number of aryl methyl sites for hydroxylation is 1. The Hall–Kier alpha value is -2.31. The number of rotatable bonds is 3. The first-order chi connectivity index (χ1) is 11.5. The van der Waals surface area contributed by atoms with Crippen LogP contribution in [0.2, 0.25) is 0 Å². The third kappa shape index (κ3) is 3.16. The molecule has 1 aliphatic rings. The zero-order chi connectivity index (χ0) is 17.3. The van der Waals surface area contributed by atoms with Gasteiger partial charge in [0.2, 0.25) is 0 Å². The highest BCUT2D eigenvalue weighted by atomic mass is 32.2. The summed E-state index contributed by atoms with van der Waals surface area (Å²) in [5, 5.41) is 10.1. The van der Waals surface area contributed by atoms with Crippen molar-refractivity contribution in [3.63, 3.8) is 0 Å². The van der Waals surface area contributed by atoms with Gasteiger partial charge < -0.3 is 9.84 Å². The van der Waals surface area contributed by atoms with Crippen molar-refractivity contribution >= 4 is 46.0 Å². The van der Waals surface area contributed by atoms with E-state index in [0.717, 1.165) is 11.3 Å². The van der Waals surface area contributed by atoms with Crippen LogP contribution in [0.5, 0.6) is 11.5 Å². The van der Waals surface area contributed by atoms with Gasteiger partial charge in [-0.2, -0.15) is 0 Å². The first-order valence-electron chi connectivity index (χ1n) is 7.21. The lowest BCUT2D eigenvalue weighted by Gasteiger charge is -2.14. The molecule has 24 heavy (non-hydrogen) atoms. The van der Waals surface area contributed by atoms with Gasteiger partial charge in [-0.05, 0) is 37.3 Å². The molecular weight excluding hydrogens is 342 g/mol. The molecule has 1 amide bonds. The van der Waals surface area contributed by atoms with Crippen molar-refractivity contribution < 1.29 is 14.6 Å². The molecule has 0 unspecified atom stereocenters. The normalized spacial score (nSPS) is 16.1. The number of hydrogen-bond donors (Lipinski definition) is 1. The number of thiocarbonyl (C=S) groups is 1. The van der Waals surface area contributed by atoms with Gasteiger partial charge in [-0.25, -0.2) is 0 Å². The van der Waals surface area contributed by atoms with Crippen molar-refractivity contribution in [1.29, 1.82) is 0 Å². The van der Waals surface area contributed by atoms with Crippen LogP contribution in [0.25, 0.3) is 6.08 Å². The average molecular weight is 357 g/mol. The summed E-state index contributed by atoms with van der Waals surface area (Å²) in [4.78, 5) is 14.7. The Bertz CT molecular complexity index is 844. The number of benzene rings is 2. The summed E-state index contributed by atoms with van der Waals surface area (Å²) >= 11 is 6.56. The van der Waals surface area contributed by atoms with E-state index in [1.807, 2.05) is 31.2 Å². The number of carbonyl (C=O) groups is 1. The molecule has 0 radical (unpaired) electrons. The van der Waals surface area contributed by atoms with Gasteiger partial charge in [0.25, 0.3) is 5.91 Å². The molecule has 0 aliphatic carbocycles. The van der Waals surface area contributed by atoms with Gasteiger partial charge in [0.05, 0.1) is 17.7 Å². The topological polar surface area (TPSA) is 49.8 Å². The summed E-state index contributed by atoms with van der Waals surface area (Å²) in [6.45, 7) is 1.99. The third-order valence-corrected chi connectivity index (χ3v) is 4.91. The number of thioether (sulfide) groups is 1. The standard InChI is InChI=1S/C18H15NO3S2/c1-11-3-6-13(7-4-11)19-17(21)16(24-18(19)23)9-12-5-8-14(22-2)10-15(12)20/h3-10,20H,1-2H3/b16-9-. The van der Waals surface area contributed by atoms with Gasteiger partial charge in [0.1, 0.15) is 11.5 Å². The summed E-state index contributed by atoms with van der Waals surface area (Å²) in [5.41, 5.74) is 2.40. The Labute approximate surface area is 149 Å². The number of methoxy groups -OCH3 is 1. The van der Waals surface area contributed by atoms with Crippen LogP contribution in [0.3, 0.4) is 0 Å². The summed E-state index contributed by atoms with van der Waals surface area (Å²) in [5.74, 6) is 0.413. The predicted molar refractivity (Wildman–Crippen MR) is 101 cm³/mol. The Morgan fingerprint density at radius 1 is 1.21 bits per heavy atom. The Balaban J connectivity index is 1.92. The summed E-state index contributed by atoms with van der Waals surface area (Å²) in [6, 6.07) is 12.5. The van der Waals surface area contributed by atoms with Crippen molar-refractivity contribution in [3.05, 3.63) is 58.5 Å². The maximum Gasteiger partial charge on any atom is 0.270 e. The van der Waals surface area contributed by atoms with Crippen molar-refractivity contribution in [2.75, 3.05) is 12.0 Å². The molecule has 0 aromatic heterocycles.